The Morgan fingerprint density at radius 2 is 1.77 bits per heavy atom. The van der Waals surface area contributed by atoms with Crippen molar-refractivity contribution in [1.82, 2.24) is 19.9 Å². The highest BCUT2D eigenvalue weighted by atomic mass is 35.5. The Balaban J connectivity index is 1.56. The molecule has 2 aliphatic rings. The van der Waals surface area contributed by atoms with Gasteiger partial charge in [0.1, 0.15) is 11.7 Å². The van der Waals surface area contributed by atoms with Gasteiger partial charge in [-0.1, -0.05) is 37.3 Å². The van der Waals surface area contributed by atoms with Crippen LogP contribution in [0.4, 0.5) is 23.5 Å². The number of anilines is 4. The summed E-state index contributed by atoms with van der Waals surface area (Å²) in [6.07, 6.45) is 11.6. The third-order valence-electron chi connectivity index (χ3n) is 6.88. The van der Waals surface area contributed by atoms with Crippen LogP contribution in [0.25, 0.3) is 0 Å². The van der Waals surface area contributed by atoms with Crippen LogP contribution < -0.4 is 20.3 Å². The molecule has 0 unspecified atom stereocenters. The van der Waals surface area contributed by atoms with E-state index in [1.54, 1.807) is 11.8 Å². The Hall–Kier alpha value is -1.97. The molecule has 10 heteroatoms. The molecule has 2 fully saturated rings. The smallest absolute Gasteiger partial charge is 0.233 e. The number of nitrogens with one attached hydrogen (secondary N) is 2. The van der Waals surface area contributed by atoms with Crippen molar-refractivity contribution in [3.05, 3.63) is 23.2 Å². The number of thioether (sulfide) groups is 1. The van der Waals surface area contributed by atoms with E-state index in [1.165, 1.54) is 25.7 Å². The molecule has 1 aliphatic heterocycles. The van der Waals surface area contributed by atoms with Crippen LogP contribution in [0.5, 0.6) is 5.75 Å². The second-order valence-corrected chi connectivity index (χ2v) is 10.8. The second kappa shape index (κ2) is 12.8. The van der Waals surface area contributed by atoms with E-state index in [9.17, 15) is 0 Å². The normalized spacial score (nSPS) is 18.2. The number of hydrogen-bond acceptors (Lipinski definition) is 9. The van der Waals surface area contributed by atoms with Crippen molar-refractivity contribution in [3.8, 4) is 5.75 Å². The minimum absolute atomic E-state index is 0.400. The van der Waals surface area contributed by atoms with Crippen molar-refractivity contribution in [1.29, 1.82) is 0 Å². The SMILES string of the molecule is CSCOc1ccc(Nc2nc(NC3CCCCCC3)nc(N(C)C3CCN(C)CC3)n2)cc1Cl. The van der Waals surface area contributed by atoms with Crippen LogP contribution in [0, 0.1) is 0 Å². The molecule has 1 saturated carbocycles. The molecule has 0 bridgehead atoms. The van der Waals surface area contributed by atoms with Gasteiger partial charge in [0.2, 0.25) is 17.8 Å². The predicted octanol–water partition coefficient (Wildman–Crippen LogP) is 5.63. The van der Waals surface area contributed by atoms with Gasteiger partial charge < -0.3 is 25.2 Å². The van der Waals surface area contributed by atoms with Crippen LogP contribution in [0.3, 0.4) is 0 Å². The lowest BCUT2D eigenvalue weighted by molar-refractivity contribution is 0.252. The van der Waals surface area contributed by atoms with Crippen LogP contribution in [0.1, 0.15) is 51.4 Å². The minimum Gasteiger partial charge on any atom is -0.481 e. The quantitative estimate of drug-likeness (QED) is 0.323. The first-order valence-corrected chi connectivity index (χ1v) is 14.4. The fraction of sp³-hybridized carbons (Fsp3) is 0.640. The summed E-state index contributed by atoms with van der Waals surface area (Å²) in [4.78, 5) is 19.0. The van der Waals surface area contributed by atoms with Crippen LogP contribution in [0.2, 0.25) is 5.02 Å². The van der Waals surface area contributed by atoms with E-state index in [4.69, 9.17) is 31.3 Å². The molecule has 0 atom stereocenters. The zero-order chi connectivity index (χ0) is 24.6. The lowest BCUT2D eigenvalue weighted by Crippen LogP contribution is -2.42. The summed E-state index contributed by atoms with van der Waals surface area (Å²) in [6, 6.07) is 6.47. The van der Waals surface area contributed by atoms with Gasteiger partial charge in [-0.05, 0) is 70.3 Å². The molecule has 1 aromatic carbocycles. The van der Waals surface area contributed by atoms with Gasteiger partial charge in [-0.2, -0.15) is 15.0 Å². The van der Waals surface area contributed by atoms with Gasteiger partial charge in [-0.15, -0.1) is 11.8 Å². The molecule has 1 aromatic heterocycles. The summed E-state index contributed by atoms with van der Waals surface area (Å²) in [5, 5.41) is 7.51. The molecule has 1 saturated heterocycles. The third kappa shape index (κ3) is 7.51. The molecule has 192 valence electrons. The molecule has 8 nitrogen and oxygen atoms in total. The largest absolute Gasteiger partial charge is 0.481 e. The highest BCUT2D eigenvalue weighted by molar-refractivity contribution is 7.98. The fourth-order valence-electron chi connectivity index (χ4n) is 4.74. The van der Waals surface area contributed by atoms with Crippen LogP contribution in [0.15, 0.2) is 18.2 Å². The van der Waals surface area contributed by atoms with Gasteiger partial charge in [-0.3, -0.25) is 0 Å². The molecule has 35 heavy (non-hydrogen) atoms. The molecule has 0 amide bonds. The number of nitrogens with zero attached hydrogens (tertiary/aromatic N) is 5. The number of piperidine rings is 1. The second-order valence-electron chi connectivity index (χ2n) is 9.58. The van der Waals surface area contributed by atoms with Crippen molar-refractivity contribution in [2.24, 2.45) is 0 Å². The molecule has 0 radical (unpaired) electrons. The van der Waals surface area contributed by atoms with E-state index < -0.39 is 0 Å². The Morgan fingerprint density at radius 1 is 1.06 bits per heavy atom. The van der Waals surface area contributed by atoms with E-state index in [1.807, 2.05) is 24.5 Å². The molecule has 2 aromatic rings. The Morgan fingerprint density at radius 3 is 2.46 bits per heavy atom. The Labute approximate surface area is 218 Å². The number of benzene rings is 1. The summed E-state index contributed by atoms with van der Waals surface area (Å²) in [5.74, 6) is 3.07. The topological polar surface area (TPSA) is 78.4 Å². The highest BCUT2D eigenvalue weighted by Gasteiger charge is 2.24. The van der Waals surface area contributed by atoms with Crippen LogP contribution >= 0.6 is 23.4 Å². The predicted molar refractivity (Wildman–Crippen MR) is 148 cm³/mol. The van der Waals surface area contributed by atoms with Crippen molar-refractivity contribution in [2.45, 2.75) is 63.5 Å². The molecular weight excluding hydrogens is 482 g/mol. The highest BCUT2D eigenvalue weighted by Crippen LogP contribution is 2.30. The molecule has 0 spiro atoms. The van der Waals surface area contributed by atoms with Crippen molar-refractivity contribution in [3.63, 3.8) is 0 Å². The fourth-order valence-corrected chi connectivity index (χ4v) is 5.22. The van der Waals surface area contributed by atoms with E-state index in [2.05, 4.69) is 34.5 Å². The maximum atomic E-state index is 6.45. The van der Waals surface area contributed by atoms with Crippen molar-refractivity contribution in [2.75, 3.05) is 54.9 Å². The third-order valence-corrected chi connectivity index (χ3v) is 7.53. The van der Waals surface area contributed by atoms with Gasteiger partial charge in [0.05, 0.1) is 5.02 Å². The number of likely N-dealkylation sites (tertiary alicyclic amines) is 1. The van der Waals surface area contributed by atoms with Gasteiger partial charge in [0.15, 0.2) is 0 Å². The molecule has 4 rings (SSSR count). The zero-order valence-electron chi connectivity index (χ0n) is 21.1. The number of halogens is 1. The standard InChI is InChI=1S/C25H38ClN7OS/c1-32-14-12-20(13-15-32)33(2)25-30-23(27-18-8-6-4-5-7-9-18)29-24(31-25)28-19-10-11-22(21(26)16-19)34-17-35-3/h10-11,16,18,20H,4-9,12-15,17H2,1-3H3,(H2,27,28,29,30,31). The first-order chi connectivity index (χ1) is 17.0. The average Bonchev–Trinajstić information content (AvgIpc) is 3.12. The van der Waals surface area contributed by atoms with Crippen LogP contribution in [-0.2, 0) is 0 Å². The lowest BCUT2D eigenvalue weighted by Gasteiger charge is -2.35. The number of aromatic nitrogens is 3. The van der Waals surface area contributed by atoms with E-state index in [-0.39, 0.29) is 0 Å². The zero-order valence-corrected chi connectivity index (χ0v) is 22.7. The average molecular weight is 520 g/mol. The van der Waals surface area contributed by atoms with Crippen molar-refractivity contribution < 1.29 is 4.74 Å². The summed E-state index contributed by atoms with van der Waals surface area (Å²) < 4.78 is 5.67. The minimum atomic E-state index is 0.400. The Kier molecular flexibility index (Phi) is 9.57. The number of ether oxygens (including phenoxy) is 1. The monoisotopic (exact) mass is 519 g/mol. The molecule has 1 aliphatic carbocycles. The summed E-state index contributed by atoms with van der Waals surface area (Å²) >= 11 is 8.06. The Bertz CT molecular complexity index is 949. The van der Waals surface area contributed by atoms with Gasteiger partial charge >= 0.3 is 0 Å². The number of hydrogen-bond donors (Lipinski definition) is 2. The molecule has 2 N–H and O–H groups in total. The summed E-state index contributed by atoms with van der Waals surface area (Å²) in [5.41, 5.74) is 0.811. The van der Waals surface area contributed by atoms with Crippen LogP contribution in [-0.4, -0.2) is 71.3 Å². The lowest BCUT2D eigenvalue weighted by atomic mass is 10.0. The molecular formula is C25H38ClN7OS. The van der Waals surface area contributed by atoms with Gasteiger partial charge in [0.25, 0.3) is 0 Å². The van der Waals surface area contributed by atoms with Gasteiger partial charge in [-0.25, -0.2) is 0 Å². The van der Waals surface area contributed by atoms with E-state index in [0.717, 1.165) is 44.5 Å². The maximum Gasteiger partial charge on any atom is 0.233 e. The van der Waals surface area contributed by atoms with E-state index >= 15 is 0 Å². The first-order valence-electron chi connectivity index (χ1n) is 12.6. The van der Waals surface area contributed by atoms with Gasteiger partial charge in [0, 0.05) is 24.8 Å². The summed E-state index contributed by atoms with van der Waals surface area (Å²) in [6.45, 7) is 2.17. The van der Waals surface area contributed by atoms with Crippen molar-refractivity contribution >= 4 is 46.9 Å². The van der Waals surface area contributed by atoms with E-state index in [0.29, 0.717) is 46.6 Å². The molecule has 2 heterocycles. The first kappa shape index (κ1) is 26.1. The maximum absolute atomic E-state index is 6.45. The summed E-state index contributed by atoms with van der Waals surface area (Å²) in [7, 11) is 4.28. The number of rotatable bonds is 9.